The molecule has 1 aromatic heterocycles. The molecule has 4 aromatic rings. The number of thioether (sulfide) groups is 1. The molecule has 170 valence electrons. The second-order valence-corrected chi connectivity index (χ2v) is 8.83. The van der Waals surface area contributed by atoms with Crippen LogP contribution >= 0.6 is 11.8 Å². The van der Waals surface area contributed by atoms with Crippen molar-refractivity contribution in [3.63, 3.8) is 0 Å². The second kappa shape index (κ2) is 9.15. The van der Waals surface area contributed by atoms with Gasteiger partial charge in [-0.1, -0.05) is 30.0 Å². The van der Waals surface area contributed by atoms with Gasteiger partial charge in [0.2, 0.25) is 5.91 Å². The lowest BCUT2D eigenvalue weighted by Crippen LogP contribution is -2.22. The van der Waals surface area contributed by atoms with Crippen molar-refractivity contribution in [1.82, 2.24) is 9.55 Å². The van der Waals surface area contributed by atoms with E-state index >= 15 is 0 Å². The van der Waals surface area contributed by atoms with Crippen molar-refractivity contribution in [3.05, 3.63) is 88.2 Å². The van der Waals surface area contributed by atoms with E-state index in [2.05, 4.69) is 5.32 Å². The molecular formula is C26H21N3O4S. The minimum Gasteiger partial charge on any atom is -0.497 e. The summed E-state index contributed by atoms with van der Waals surface area (Å²) in [5, 5.41) is 3.75. The smallest absolute Gasteiger partial charge is 0.266 e. The minimum absolute atomic E-state index is 0.0139. The topological polar surface area (TPSA) is 90.3 Å². The monoisotopic (exact) mass is 471 g/mol. The van der Waals surface area contributed by atoms with Crippen molar-refractivity contribution >= 4 is 40.0 Å². The molecular weight excluding hydrogens is 450 g/mol. The van der Waals surface area contributed by atoms with E-state index < -0.39 is 0 Å². The van der Waals surface area contributed by atoms with Gasteiger partial charge in [0.05, 0.1) is 29.5 Å². The standard InChI is InChI=1S/C26H21N3O4S/c1-33-19-6-4-5-18(14-19)29-25(32)20-7-2-3-8-22(20)28-26(29)34-15-23(30)17-9-11-21-16(13-17)10-12-24(31)27-21/h2-9,11,13-14H,10,12,15H2,1H3,(H,27,31). The van der Waals surface area contributed by atoms with E-state index in [1.165, 1.54) is 16.3 Å². The molecule has 5 rings (SSSR count). The van der Waals surface area contributed by atoms with Crippen LogP contribution in [0.25, 0.3) is 16.6 Å². The van der Waals surface area contributed by atoms with Crippen LogP contribution in [-0.2, 0) is 11.2 Å². The number of ketones is 1. The normalized spacial score (nSPS) is 12.8. The highest BCUT2D eigenvalue weighted by Gasteiger charge is 2.19. The van der Waals surface area contributed by atoms with Crippen molar-refractivity contribution in [3.8, 4) is 11.4 Å². The van der Waals surface area contributed by atoms with Crippen LogP contribution in [0.1, 0.15) is 22.3 Å². The number of rotatable bonds is 6. The van der Waals surface area contributed by atoms with Crippen molar-refractivity contribution in [2.24, 2.45) is 0 Å². The fourth-order valence-corrected chi connectivity index (χ4v) is 4.86. The number of carbonyl (C=O) groups excluding carboxylic acids is 2. The Hall–Kier alpha value is -3.91. The Kier molecular flexibility index (Phi) is 5.90. The predicted molar refractivity (Wildman–Crippen MR) is 132 cm³/mol. The third-order valence-electron chi connectivity index (χ3n) is 5.71. The SMILES string of the molecule is COc1cccc(-n2c(SCC(=O)c3ccc4c(c3)CCC(=O)N4)nc3ccccc3c2=O)c1. The van der Waals surface area contributed by atoms with Crippen LogP contribution in [0.2, 0.25) is 0 Å². The molecule has 3 aromatic carbocycles. The molecule has 0 aliphatic carbocycles. The van der Waals surface area contributed by atoms with Crippen LogP contribution in [0.3, 0.4) is 0 Å². The number of amides is 1. The molecule has 0 radical (unpaired) electrons. The maximum absolute atomic E-state index is 13.4. The Balaban J connectivity index is 1.49. The molecule has 8 heteroatoms. The lowest BCUT2D eigenvalue weighted by molar-refractivity contribution is -0.116. The van der Waals surface area contributed by atoms with E-state index in [-0.39, 0.29) is 23.0 Å². The molecule has 1 aliphatic heterocycles. The third-order valence-corrected chi connectivity index (χ3v) is 6.65. The molecule has 34 heavy (non-hydrogen) atoms. The number of hydrogen-bond donors (Lipinski definition) is 1. The molecule has 1 aliphatic rings. The van der Waals surface area contributed by atoms with Crippen molar-refractivity contribution in [1.29, 1.82) is 0 Å². The van der Waals surface area contributed by atoms with Gasteiger partial charge in [-0.25, -0.2) is 4.98 Å². The average molecular weight is 472 g/mol. The fraction of sp³-hybridized carbons (Fsp3) is 0.154. The number of hydrogen-bond acceptors (Lipinski definition) is 6. The van der Waals surface area contributed by atoms with Gasteiger partial charge in [-0.2, -0.15) is 0 Å². The molecule has 0 unspecified atom stereocenters. The number of benzene rings is 3. The number of methoxy groups -OCH3 is 1. The zero-order chi connectivity index (χ0) is 23.7. The minimum atomic E-state index is -0.210. The van der Waals surface area contributed by atoms with E-state index in [0.29, 0.717) is 45.9 Å². The summed E-state index contributed by atoms with van der Waals surface area (Å²) in [6, 6.07) is 19.7. The summed E-state index contributed by atoms with van der Waals surface area (Å²) < 4.78 is 6.85. The highest BCUT2D eigenvalue weighted by Crippen LogP contribution is 2.27. The summed E-state index contributed by atoms with van der Waals surface area (Å²) in [5.41, 5.74) is 3.25. The van der Waals surface area contributed by atoms with Gasteiger partial charge in [0.1, 0.15) is 5.75 Å². The van der Waals surface area contributed by atoms with Gasteiger partial charge in [0.15, 0.2) is 10.9 Å². The molecule has 2 heterocycles. The van der Waals surface area contributed by atoms with Crippen molar-refractivity contribution in [2.45, 2.75) is 18.0 Å². The van der Waals surface area contributed by atoms with Crippen LogP contribution in [0.15, 0.2) is 76.7 Å². The maximum Gasteiger partial charge on any atom is 0.266 e. The highest BCUT2D eigenvalue weighted by molar-refractivity contribution is 7.99. The van der Waals surface area contributed by atoms with Gasteiger partial charge in [-0.15, -0.1) is 0 Å². The number of nitrogens with zero attached hydrogens (tertiary/aromatic N) is 2. The first-order valence-electron chi connectivity index (χ1n) is 10.8. The Morgan fingerprint density at radius 1 is 1.06 bits per heavy atom. The number of ether oxygens (including phenoxy) is 1. The molecule has 1 N–H and O–H groups in total. The van der Waals surface area contributed by atoms with Gasteiger partial charge in [-0.05, 0) is 54.4 Å². The maximum atomic E-state index is 13.4. The molecule has 0 saturated carbocycles. The first kappa shape index (κ1) is 21.9. The second-order valence-electron chi connectivity index (χ2n) is 7.89. The quantitative estimate of drug-likeness (QED) is 0.257. The summed E-state index contributed by atoms with van der Waals surface area (Å²) in [7, 11) is 1.57. The van der Waals surface area contributed by atoms with E-state index in [0.717, 1.165) is 11.3 Å². The summed E-state index contributed by atoms with van der Waals surface area (Å²) in [5.74, 6) is 0.634. The number of anilines is 1. The van der Waals surface area contributed by atoms with E-state index in [1.807, 2.05) is 18.2 Å². The number of aryl methyl sites for hydroxylation is 1. The van der Waals surface area contributed by atoms with Crippen LogP contribution < -0.4 is 15.6 Å². The van der Waals surface area contributed by atoms with Crippen LogP contribution in [-0.4, -0.2) is 34.1 Å². The van der Waals surface area contributed by atoms with E-state index in [1.54, 1.807) is 55.6 Å². The highest BCUT2D eigenvalue weighted by atomic mass is 32.2. The van der Waals surface area contributed by atoms with Gasteiger partial charge in [-0.3, -0.25) is 19.0 Å². The first-order chi connectivity index (χ1) is 16.5. The zero-order valence-electron chi connectivity index (χ0n) is 18.4. The molecule has 0 saturated heterocycles. The Morgan fingerprint density at radius 2 is 1.91 bits per heavy atom. The summed E-state index contributed by atoms with van der Waals surface area (Å²) >= 11 is 1.22. The Bertz CT molecular complexity index is 1500. The number of para-hydroxylation sites is 1. The number of fused-ring (bicyclic) bond motifs is 2. The third kappa shape index (κ3) is 4.20. The molecule has 7 nitrogen and oxygen atoms in total. The number of Topliss-reactive ketones (excluding diaryl/α,β-unsaturated/α-hetero) is 1. The van der Waals surface area contributed by atoms with Crippen LogP contribution in [0.4, 0.5) is 5.69 Å². The Morgan fingerprint density at radius 3 is 2.76 bits per heavy atom. The molecule has 0 atom stereocenters. The summed E-state index contributed by atoms with van der Waals surface area (Å²) in [6.07, 6.45) is 1.02. The molecule has 0 fully saturated rings. The van der Waals surface area contributed by atoms with Crippen molar-refractivity contribution in [2.75, 3.05) is 18.2 Å². The summed E-state index contributed by atoms with van der Waals surface area (Å²) in [6.45, 7) is 0. The lowest BCUT2D eigenvalue weighted by atomic mass is 9.99. The zero-order valence-corrected chi connectivity index (χ0v) is 19.2. The molecule has 0 spiro atoms. The van der Waals surface area contributed by atoms with Gasteiger partial charge >= 0.3 is 0 Å². The van der Waals surface area contributed by atoms with Gasteiger partial charge in [0, 0.05) is 23.7 Å². The first-order valence-corrected chi connectivity index (χ1v) is 11.8. The summed E-state index contributed by atoms with van der Waals surface area (Å²) in [4.78, 5) is 42.7. The number of nitrogens with one attached hydrogen (secondary N) is 1. The van der Waals surface area contributed by atoms with E-state index in [4.69, 9.17) is 9.72 Å². The van der Waals surface area contributed by atoms with Gasteiger partial charge in [0.25, 0.3) is 5.56 Å². The predicted octanol–water partition coefficient (Wildman–Crippen LogP) is 4.25. The Labute approximate surface area is 199 Å². The van der Waals surface area contributed by atoms with Gasteiger partial charge < -0.3 is 10.1 Å². The van der Waals surface area contributed by atoms with E-state index in [9.17, 15) is 14.4 Å². The van der Waals surface area contributed by atoms with Crippen LogP contribution in [0.5, 0.6) is 5.75 Å². The molecule has 1 amide bonds. The fourth-order valence-electron chi connectivity index (χ4n) is 3.96. The molecule has 0 bridgehead atoms. The van der Waals surface area contributed by atoms with Crippen LogP contribution in [0, 0.1) is 0 Å². The average Bonchev–Trinajstić information content (AvgIpc) is 2.87. The lowest BCUT2D eigenvalue weighted by Gasteiger charge is -2.17. The number of aromatic nitrogens is 2. The number of carbonyl (C=O) groups is 2. The largest absolute Gasteiger partial charge is 0.497 e. The van der Waals surface area contributed by atoms with Crippen molar-refractivity contribution < 1.29 is 14.3 Å².